The number of benzene rings is 1. The van der Waals surface area contributed by atoms with E-state index >= 15 is 0 Å². The summed E-state index contributed by atoms with van der Waals surface area (Å²) in [7, 11) is -3.38. The molecule has 1 aliphatic heterocycles. The van der Waals surface area contributed by atoms with E-state index in [9.17, 15) is 13.2 Å². The topological polar surface area (TPSA) is 66.5 Å². The van der Waals surface area contributed by atoms with Gasteiger partial charge in [-0.3, -0.25) is 4.79 Å². The van der Waals surface area contributed by atoms with Crippen LogP contribution in [0.15, 0.2) is 24.3 Å². The number of amides is 1. The van der Waals surface area contributed by atoms with Crippen molar-refractivity contribution in [3.05, 3.63) is 29.8 Å². The third-order valence-corrected chi connectivity index (χ3v) is 7.14. The Morgan fingerprint density at radius 3 is 2.48 bits per heavy atom. The fourth-order valence-corrected chi connectivity index (χ4v) is 3.84. The number of anilines is 1. The molecular formula is C19H30N2O3S. The van der Waals surface area contributed by atoms with E-state index in [2.05, 4.69) is 24.1 Å². The minimum absolute atomic E-state index is 0.474. The Bertz CT molecular complexity index is 690. The minimum Gasteiger partial charge on any atom is -0.325 e. The van der Waals surface area contributed by atoms with E-state index in [1.165, 1.54) is 0 Å². The molecule has 1 aromatic rings. The summed E-state index contributed by atoms with van der Waals surface area (Å²) < 4.78 is 23.7. The van der Waals surface area contributed by atoms with Gasteiger partial charge in [0, 0.05) is 25.3 Å². The van der Waals surface area contributed by atoms with Crippen LogP contribution in [0.5, 0.6) is 0 Å². The van der Waals surface area contributed by atoms with Crippen LogP contribution in [0.4, 0.5) is 5.69 Å². The van der Waals surface area contributed by atoms with Gasteiger partial charge in [-0.05, 0) is 49.8 Å². The molecule has 140 valence electrons. The van der Waals surface area contributed by atoms with E-state index in [-0.39, 0.29) is 0 Å². The van der Waals surface area contributed by atoms with Gasteiger partial charge in [0.05, 0.1) is 5.25 Å². The number of sulfone groups is 1. The molecule has 6 heteroatoms. The highest BCUT2D eigenvalue weighted by Crippen LogP contribution is 2.22. The van der Waals surface area contributed by atoms with E-state index < -0.39 is 26.7 Å². The van der Waals surface area contributed by atoms with E-state index in [0.29, 0.717) is 5.69 Å². The first-order valence-corrected chi connectivity index (χ1v) is 10.7. The molecule has 0 saturated carbocycles. The second-order valence-electron chi connectivity index (χ2n) is 7.57. The van der Waals surface area contributed by atoms with Gasteiger partial charge in [0.2, 0.25) is 5.91 Å². The Kier molecular flexibility index (Phi) is 6.63. The number of hydrogen-bond acceptors (Lipinski definition) is 4. The van der Waals surface area contributed by atoms with Crippen LogP contribution in [0.3, 0.4) is 0 Å². The predicted molar refractivity (Wildman–Crippen MR) is 102 cm³/mol. The van der Waals surface area contributed by atoms with Gasteiger partial charge in [0.25, 0.3) is 0 Å². The van der Waals surface area contributed by atoms with Crippen LogP contribution in [0, 0.1) is 11.8 Å². The number of nitrogens with one attached hydrogen (secondary N) is 1. The monoisotopic (exact) mass is 366 g/mol. The number of nitrogens with zero attached hydrogens (tertiary/aromatic N) is 1. The van der Waals surface area contributed by atoms with Gasteiger partial charge < -0.3 is 10.2 Å². The standard InChI is InChI=1S/C19H30N2O3S/c1-14(2)25(23,24)13-19(22)20-18-7-5-6-17(10-18)8-9-21-11-15(3)16(4)12-21/h5-7,10,14-16H,8-9,11-13H2,1-4H3,(H,20,22)/t15-,16-/m1/s1. The zero-order chi connectivity index (χ0) is 18.6. The maximum absolute atomic E-state index is 12.0. The molecule has 0 bridgehead atoms. The van der Waals surface area contributed by atoms with Crippen LogP contribution >= 0.6 is 0 Å². The maximum atomic E-state index is 12.0. The highest BCUT2D eigenvalue weighted by molar-refractivity contribution is 7.92. The summed E-state index contributed by atoms with van der Waals surface area (Å²) in [6.07, 6.45) is 0.924. The molecule has 2 rings (SSSR count). The molecule has 0 unspecified atom stereocenters. The van der Waals surface area contributed by atoms with Crippen molar-refractivity contribution in [2.24, 2.45) is 11.8 Å². The Morgan fingerprint density at radius 2 is 1.88 bits per heavy atom. The van der Waals surface area contributed by atoms with Crippen molar-refractivity contribution in [2.75, 3.05) is 30.7 Å². The molecule has 1 aliphatic rings. The first-order valence-electron chi connectivity index (χ1n) is 9.00. The molecule has 1 amide bonds. The number of carbonyl (C=O) groups excluding carboxylic acids is 1. The zero-order valence-electron chi connectivity index (χ0n) is 15.7. The van der Waals surface area contributed by atoms with E-state index in [1.807, 2.05) is 18.2 Å². The van der Waals surface area contributed by atoms with Crippen LogP contribution < -0.4 is 5.32 Å². The Hall–Kier alpha value is -1.40. The Labute approximate surface area is 151 Å². The van der Waals surface area contributed by atoms with Crippen molar-refractivity contribution in [3.63, 3.8) is 0 Å². The summed E-state index contributed by atoms with van der Waals surface area (Å²) in [5, 5.41) is 2.16. The molecule has 1 heterocycles. The normalized spacial score (nSPS) is 21.6. The molecular weight excluding hydrogens is 336 g/mol. The molecule has 1 N–H and O–H groups in total. The molecule has 1 saturated heterocycles. The van der Waals surface area contributed by atoms with Crippen LogP contribution in [-0.2, 0) is 21.1 Å². The summed E-state index contributed by atoms with van der Waals surface area (Å²) >= 11 is 0. The molecule has 1 aromatic carbocycles. The first kappa shape index (κ1) is 19.9. The predicted octanol–water partition coefficient (Wildman–Crippen LogP) is 2.58. The number of carbonyl (C=O) groups is 1. The third-order valence-electron chi connectivity index (χ3n) is 5.04. The van der Waals surface area contributed by atoms with E-state index in [1.54, 1.807) is 19.9 Å². The average molecular weight is 367 g/mol. The van der Waals surface area contributed by atoms with Gasteiger partial charge in [-0.2, -0.15) is 0 Å². The Morgan fingerprint density at radius 1 is 1.24 bits per heavy atom. The first-order chi connectivity index (χ1) is 11.7. The summed E-state index contributed by atoms with van der Waals surface area (Å²) in [4.78, 5) is 14.5. The van der Waals surface area contributed by atoms with Crippen molar-refractivity contribution in [1.82, 2.24) is 4.90 Å². The molecule has 5 nitrogen and oxygen atoms in total. The van der Waals surface area contributed by atoms with Crippen LogP contribution in [-0.4, -0.2) is 49.9 Å². The van der Waals surface area contributed by atoms with Crippen molar-refractivity contribution >= 4 is 21.4 Å². The number of rotatable bonds is 7. The van der Waals surface area contributed by atoms with Crippen molar-refractivity contribution in [3.8, 4) is 0 Å². The highest BCUT2D eigenvalue weighted by Gasteiger charge is 2.25. The van der Waals surface area contributed by atoms with Gasteiger partial charge in [-0.1, -0.05) is 26.0 Å². The molecule has 25 heavy (non-hydrogen) atoms. The molecule has 0 aromatic heterocycles. The minimum atomic E-state index is -3.38. The smallest absolute Gasteiger partial charge is 0.239 e. The van der Waals surface area contributed by atoms with E-state index in [4.69, 9.17) is 0 Å². The van der Waals surface area contributed by atoms with Gasteiger partial charge in [-0.15, -0.1) is 0 Å². The van der Waals surface area contributed by atoms with Gasteiger partial charge in [0.15, 0.2) is 9.84 Å². The molecule has 1 fully saturated rings. The number of hydrogen-bond donors (Lipinski definition) is 1. The lowest BCUT2D eigenvalue weighted by atomic mass is 10.0. The highest BCUT2D eigenvalue weighted by atomic mass is 32.2. The summed E-state index contributed by atoms with van der Waals surface area (Å²) in [6.45, 7) is 11.1. The second-order valence-corrected chi connectivity index (χ2v) is 10.1. The van der Waals surface area contributed by atoms with Gasteiger partial charge in [0.1, 0.15) is 5.75 Å². The Balaban J connectivity index is 1.89. The molecule has 2 atom stereocenters. The van der Waals surface area contributed by atoms with Gasteiger partial charge in [-0.25, -0.2) is 8.42 Å². The summed E-state index contributed by atoms with van der Waals surface area (Å²) in [6, 6.07) is 7.67. The van der Waals surface area contributed by atoms with Crippen LogP contribution in [0.2, 0.25) is 0 Å². The van der Waals surface area contributed by atoms with Crippen molar-refractivity contribution in [2.45, 2.75) is 39.4 Å². The van der Waals surface area contributed by atoms with Crippen molar-refractivity contribution in [1.29, 1.82) is 0 Å². The SMILES string of the molecule is CC(C)S(=O)(=O)CC(=O)Nc1cccc(CCN2C[C@@H](C)[C@H](C)C2)c1. The fraction of sp³-hybridized carbons (Fsp3) is 0.632. The number of likely N-dealkylation sites (tertiary alicyclic amines) is 1. The maximum Gasteiger partial charge on any atom is 0.239 e. The van der Waals surface area contributed by atoms with Crippen LogP contribution in [0.1, 0.15) is 33.3 Å². The lowest BCUT2D eigenvalue weighted by molar-refractivity contribution is -0.113. The van der Waals surface area contributed by atoms with Gasteiger partial charge >= 0.3 is 0 Å². The molecule has 0 spiro atoms. The van der Waals surface area contributed by atoms with Crippen molar-refractivity contribution < 1.29 is 13.2 Å². The molecule has 0 radical (unpaired) electrons. The summed E-state index contributed by atoms with van der Waals surface area (Å²) in [5.74, 6) is 0.536. The lowest BCUT2D eigenvalue weighted by Crippen LogP contribution is -2.28. The second kappa shape index (κ2) is 8.32. The zero-order valence-corrected chi connectivity index (χ0v) is 16.5. The average Bonchev–Trinajstić information content (AvgIpc) is 2.83. The quantitative estimate of drug-likeness (QED) is 0.805. The largest absolute Gasteiger partial charge is 0.325 e. The lowest BCUT2D eigenvalue weighted by Gasteiger charge is -2.15. The fourth-order valence-electron chi connectivity index (χ4n) is 3.07. The van der Waals surface area contributed by atoms with Crippen LogP contribution in [0.25, 0.3) is 0 Å². The summed E-state index contributed by atoms with van der Waals surface area (Å²) in [5.41, 5.74) is 1.81. The molecule has 0 aliphatic carbocycles. The van der Waals surface area contributed by atoms with E-state index in [0.717, 1.165) is 43.5 Å². The third kappa shape index (κ3) is 5.82.